The van der Waals surface area contributed by atoms with Gasteiger partial charge < -0.3 is 5.32 Å². The second-order valence-electron chi connectivity index (χ2n) is 8.34. The Hall–Kier alpha value is -1.82. The standard InChI is InChI=1S/C22H30N4OS/c1-15-6-9-17(10-7-15)21(18-11-12-18)24-20(27)14-28-22-23-19(25-26-22)13-8-16-4-2-3-5-16/h6-7,9-10,16,18,21H,2-5,8,11-14H2,1H3,(H,24,27)(H,23,25,26). The lowest BCUT2D eigenvalue weighted by Gasteiger charge is -2.18. The number of hydrogen-bond donors (Lipinski definition) is 2. The normalized spacial score (nSPS) is 18.3. The van der Waals surface area contributed by atoms with Gasteiger partial charge in [-0.25, -0.2) is 4.98 Å². The van der Waals surface area contributed by atoms with Crippen LogP contribution in [0.25, 0.3) is 0 Å². The number of hydrogen-bond acceptors (Lipinski definition) is 4. The van der Waals surface area contributed by atoms with E-state index in [9.17, 15) is 4.79 Å². The van der Waals surface area contributed by atoms with E-state index in [2.05, 4.69) is 51.7 Å². The second kappa shape index (κ2) is 9.12. The minimum absolute atomic E-state index is 0.0554. The smallest absolute Gasteiger partial charge is 0.230 e. The van der Waals surface area contributed by atoms with Crippen molar-refractivity contribution in [3.05, 3.63) is 41.2 Å². The minimum Gasteiger partial charge on any atom is -0.348 e. The zero-order valence-corrected chi connectivity index (χ0v) is 17.4. The highest BCUT2D eigenvalue weighted by atomic mass is 32.2. The van der Waals surface area contributed by atoms with Gasteiger partial charge in [-0.05, 0) is 43.6 Å². The summed E-state index contributed by atoms with van der Waals surface area (Å²) in [7, 11) is 0. The van der Waals surface area contributed by atoms with Gasteiger partial charge in [0.1, 0.15) is 5.82 Å². The first kappa shape index (κ1) is 19.5. The number of nitrogens with zero attached hydrogens (tertiary/aromatic N) is 2. The van der Waals surface area contributed by atoms with Crippen LogP contribution in [-0.4, -0.2) is 26.8 Å². The first-order valence-corrected chi connectivity index (χ1v) is 11.6. The van der Waals surface area contributed by atoms with Crippen molar-refractivity contribution >= 4 is 17.7 Å². The lowest BCUT2D eigenvalue weighted by molar-refractivity contribution is -0.119. The van der Waals surface area contributed by atoms with Gasteiger partial charge in [0.25, 0.3) is 0 Å². The second-order valence-corrected chi connectivity index (χ2v) is 9.28. The van der Waals surface area contributed by atoms with Gasteiger partial charge in [-0.15, -0.1) is 5.10 Å². The van der Waals surface area contributed by atoms with E-state index in [1.807, 2.05) is 0 Å². The molecule has 2 aliphatic carbocycles. The molecule has 1 atom stereocenters. The number of thioether (sulfide) groups is 1. The summed E-state index contributed by atoms with van der Waals surface area (Å²) < 4.78 is 0. The van der Waals surface area contributed by atoms with Gasteiger partial charge in [0.2, 0.25) is 11.1 Å². The molecular weight excluding hydrogens is 368 g/mol. The Kier molecular flexibility index (Phi) is 6.35. The maximum absolute atomic E-state index is 12.5. The lowest BCUT2D eigenvalue weighted by Crippen LogP contribution is -2.31. The zero-order valence-electron chi connectivity index (χ0n) is 16.6. The van der Waals surface area contributed by atoms with E-state index < -0.39 is 0 Å². The molecule has 1 amide bonds. The topological polar surface area (TPSA) is 70.7 Å². The number of nitrogens with one attached hydrogen (secondary N) is 2. The highest BCUT2D eigenvalue weighted by Crippen LogP contribution is 2.41. The number of benzene rings is 1. The van der Waals surface area contributed by atoms with Gasteiger partial charge in [-0.3, -0.25) is 9.89 Å². The maximum atomic E-state index is 12.5. The fraction of sp³-hybridized carbons (Fsp3) is 0.591. The number of carbonyl (C=O) groups is 1. The summed E-state index contributed by atoms with van der Waals surface area (Å²) in [6.45, 7) is 2.09. The number of aromatic nitrogens is 3. The van der Waals surface area contributed by atoms with Gasteiger partial charge in [-0.2, -0.15) is 0 Å². The summed E-state index contributed by atoms with van der Waals surface area (Å²) in [5.74, 6) is 2.79. The van der Waals surface area contributed by atoms with Crippen molar-refractivity contribution < 1.29 is 4.79 Å². The molecule has 6 heteroatoms. The molecule has 4 rings (SSSR count). The van der Waals surface area contributed by atoms with E-state index in [0.29, 0.717) is 16.8 Å². The fourth-order valence-corrected chi connectivity index (χ4v) is 4.74. The summed E-state index contributed by atoms with van der Waals surface area (Å²) in [6.07, 6.45) is 10.0. The van der Waals surface area contributed by atoms with Crippen molar-refractivity contribution in [2.24, 2.45) is 11.8 Å². The van der Waals surface area contributed by atoms with Crippen LogP contribution in [0.1, 0.15) is 67.9 Å². The van der Waals surface area contributed by atoms with E-state index in [1.54, 1.807) is 0 Å². The van der Waals surface area contributed by atoms with E-state index >= 15 is 0 Å². The number of aromatic amines is 1. The number of aryl methyl sites for hydroxylation is 2. The van der Waals surface area contributed by atoms with Gasteiger partial charge in [0.15, 0.2) is 0 Å². The van der Waals surface area contributed by atoms with Crippen LogP contribution >= 0.6 is 11.8 Å². The molecule has 1 heterocycles. The van der Waals surface area contributed by atoms with Crippen LogP contribution in [0.5, 0.6) is 0 Å². The average Bonchev–Trinajstić information content (AvgIpc) is 3.21. The Morgan fingerprint density at radius 1 is 1.21 bits per heavy atom. The third kappa shape index (κ3) is 5.37. The molecule has 2 fully saturated rings. The van der Waals surface area contributed by atoms with Crippen molar-refractivity contribution in [2.75, 3.05) is 5.75 Å². The third-order valence-corrected chi connectivity index (χ3v) is 6.80. The van der Waals surface area contributed by atoms with E-state index in [-0.39, 0.29) is 11.9 Å². The van der Waals surface area contributed by atoms with E-state index in [4.69, 9.17) is 0 Å². The first-order chi connectivity index (χ1) is 13.7. The Morgan fingerprint density at radius 2 is 1.96 bits per heavy atom. The SMILES string of the molecule is Cc1ccc(C(NC(=O)CSc2n[nH]c(CCC3CCCC3)n2)C2CC2)cc1. The Labute approximate surface area is 171 Å². The van der Waals surface area contributed by atoms with Gasteiger partial charge >= 0.3 is 0 Å². The number of amides is 1. The molecule has 0 bridgehead atoms. The van der Waals surface area contributed by atoms with Crippen molar-refractivity contribution in [2.45, 2.75) is 69.5 Å². The fourth-order valence-electron chi connectivity index (χ4n) is 4.12. The summed E-state index contributed by atoms with van der Waals surface area (Å²) >= 11 is 1.41. The molecule has 150 valence electrons. The van der Waals surface area contributed by atoms with Crippen molar-refractivity contribution in [3.8, 4) is 0 Å². The Morgan fingerprint density at radius 3 is 2.68 bits per heavy atom. The molecule has 2 N–H and O–H groups in total. The number of carbonyl (C=O) groups excluding carboxylic acids is 1. The van der Waals surface area contributed by atoms with Crippen LogP contribution in [0.15, 0.2) is 29.4 Å². The van der Waals surface area contributed by atoms with Crippen LogP contribution in [-0.2, 0) is 11.2 Å². The highest BCUT2D eigenvalue weighted by Gasteiger charge is 2.33. The monoisotopic (exact) mass is 398 g/mol. The van der Waals surface area contributed by atoms with Crippen molar-refractivity contribution in [1.82, 2.24) is 20.5 Å². The van der Waals surface area contributed by atoms with Gasteiger partial charge in [0, 0.05) is 6.42 Å². The molecule has 1 unspecified atom stereocenters. The van der Waals surface area contributed by atoms with E-state index in [1.165, 1.54) is 67.8 Å². The summed E-state index contributed by atoms with van der Waals surface area (Å²) in [4.78, 5) is 17.1. The predicted molar refractivity (Wildman–Crippen MR) is 112 cm³/mol. The van der Waals surface area contributed by atoms with E-state index in [0.717, 1.165) is 18.2 Å². The largest absolute Gasteiger partial charge is 0.348 e. The summed E-state index contributed by atoms with van der Waals surface area (Å²) in [6, 6.07) is 8.64. The van der Waals surface area contributed by atoms with Gasteiger partial charge in [-0.1, -0.05) is 67.3 Å². The van der Waals surface area contributed by atoms with Crippen LogP contribution in [0, 0.1) is 18.8 Å². The van der Waals surface area contributed by atoms with Gasteiger partial charge in [0.05, 0.1) is 11.8 Å². The van der Waals surface area contributed by atoms with Crippen LogP contribution < -0.4 is 5.32 Å². The maximum Gasteiger partial charge on any atom is 0.230 e. The van der Waals surface area contributed by atoms with Crippen molar-refractivity contribution in [1.29, 1.82) is 0 Å². The van der Waals surface area contributed by atoms with Crippen molar-refractivity contribution in [3.63, 3.8) is 0 Å². The molecule has 0 spiro atoms. The average molecular weight is 399 g/mol. The Balaban J connectivity index is 1.25. The molecule has 5 nitrogen and oxygen atoms in total. The molecule has 0 aliphatic heterocycles. The molecule has 2 aliphatic rings. The molecule has 2 saturated carbocycles. The molecule has 1 aromatic heterocycles. The van der Waals surface area contributed by atoms with Crippen LogP contribution in [0.3, 0.4) is 0 Å². The summed E-state index contributed by atoms with van der Waals surface area (Å²) in [5, 5.41) is 11.2. The molecular formula is C22H30N4OS. The minimum atomic E-state index is 0.0554. The molecule has 0 saturated heterocycles. The first-order valence-electron chi connectivity index (χ1n) is 10.6. The molecule has 28 heavy (non-hydrogen) atoms. The lowest BCUT2D eigenvalue weighted by atomic mass is 10.0. The number of rotatable bonds is 9. The summed E-state index contributed by atoms with van der Waals surface area (Å²) in [5.41, 5.74) is 2.45. The highest BCUT2D eigenvalue weighted by molar-refractivity contribution is 7.99. The zero-order chi connectivity index (χ0) is 19.3. The number of H-pyrrole nitrogens is 1. The predicted octanol–water partition coefficient (Wildman–Crippen LogP) is 4.60. The molecule has 2 aromatic rings. The third-order valence-electron chi connectivity index (χ3n) is 5.95. The Bertz CT molecular complexity index is 778. The quantitative estimate of drug-likeness (QED) is 0.606. The molecule has 0 radical (unpaired) electrons. The van der Waals surface area contributed by atoms with Crippen LogP contribution in [0.2, 0.25) is 0 Å². The van der Waals surface area contributed by atoms with Crippen LogP contribution in [0.4, 0.5) is 0 Å². The molecule has 1 aromatic carbocycles.